The van der Waals surface area contributed by atoms with Crippen LogP contribution in [0.15, 0.2) is 0 Å². The van der Waals surface area contributed by atoms with E-state index in [0.29, 0.717) is 5.92 Å². The van der Waals surface area contributed by atoms with Crippen LogP contribution in [-0.4, -0.2) is 12.5 Å². The topological polar surface area (TPSA) is 29.1 Å². The Morgan fingerprint density at radius 3 is 2.47 bits per heavy atom. The second-order valence-corrected chi connectivity index (χ2v) is 5.37. The maximum Gasteiger partial charge on any atom is 0.223 e. The number of hydrogen-bond acceptors (Lipinski definition) is 1. The van der Waals surface area contributed by atoms with Gasteiger partial charge in [-0.15, -0.1) is 0 Å². The minimum atomic E-state index is 0.232. The van der Waals surface area contributed by atoms with Gasteiger partial charge in [0, 0.05) is 12.5 Å². The predicted molar refractivity (Wildman–Crippen MR) is 61.4 cm³/mol. The fourth-order valence-electron chi connectivity index (χ4n) is 3.57. The SMILES string of the molecule is CCNC(=O)[C@@H](C)[C@@H]1C[C@H]2CCC[C@H]2C1. The number of amides is 1. The molecule has 2 aliphatic rings. The molecule has 0 aromatic carbocycles. The molecule has 2 heteroatoms. The molecule has 1 N–H and O–H groups in total. The Labute approximate surface area is 92.8 Å². The van der Waals surface area contributed by atoms with E-state index >= 15 is 0 Å². The van der Waals surface area contributed by atoms with E-state index in [0.717, 1.165) is 18.4 Å². The lowest BCUT2D eigenvalue weighted by molar-refractivity contribution is -0.125. The number of carbonyl (C=O) groups excluding carboxylic acids is 1. The molecule has 0 spiro atoms. The molecule has 86 valence electrons. The number of rotatable bonds is 3. The highest BCUT2D eigenvalue weighted by atomic mass is 16.1. The molecule has 0 aromatic heterocycles. The van der Waals surface area contributed by atoms with Gasteiger partial charge in [0.15, 0.2) is 0 Å². The molecule has 0 aromatic rings. The van der Waals surface area contributed by atoms with E-state index in [2.05, 4.69) is 12.2 Å². The van der Waals surface area contributed by atoms with Crippen molar-refractivity contribution in [2.75, 3.05) is 6.54 Å². The second-order valence-electron chi connectivity index (χ2n) is 5.37. The molecular formula is C13H23NO. The highest BCUT2D eigenvalue weighted by molar-refractivity contribution is 5.78. The Morgan fingerprint density at radius 2 is 1.93 bits per heavy atom. The normalized spacial score (nSPS) is 36.3. The Balaban J connectivity index is 1.87. The molecule has 2 rings (SSSR count). The molecule has 0 saturated heterocycles. The Morgan fingerprint density at radius 1 is 1.33 bits per heavy atom. The molecule has 15 heavy (non-hydrogen) atoms. The number of hydrogen-bond donors (Lipinski definition) is 1. The number of nitrogens with one attached hydrogen (secondary N) is 1. The van der Waals surface area contributed by atoms with E-state index in [1.807, 2.05) is 6.92 Å². The van der Waals surface area contributed by atoms with Crippen LogP contribution >= 0.6 is 0 Å². The van der Waals surface area contributed by atoms with Gasteiger partial charge in [-0.3, -0.25) is 4.79 Å². The summed E-state index contributed by atoms with van der Waals surface area (Å²) in [5.41, 5.74) is 0. The first-order chi connectivity index (χ1) is 7.22. The molecule has 1 amide bonds. The minimum absolute atomic E-state index is 0.232. The van der Waals surface area contributed by atoms with Crippen molar-refractivity contribution in [3.8, 4) is 0 Å². The standard InChI is InChI=1S/C13H23NO/c1-3-14-13(15)9(2)12-7-10-5-4-6-11(10)8-12/h9-12H,3-8H2,1-2H3,(H,14,15)/t9-,10-,11+,12-/m0/s1. The second kappa shape index (κ2) is 4.54. The lowest BCUT2D eigenvalue weighted by Crippen LogP contribution is -2.32. The number of carbonyl (C=O) groups is 1. The fourth-order valence-corrected chi connectivity index (χ4v) is 3.57. The molecule has 0 unspecified atom stereocenters. The summed E-state index contributed by atoms with van der Waals surface area (Å²) in [6.45, 7) is 4.87. The third-order valence-electron chi connectivity index (χ3n) is 4.50. The van der Waals surface area contributed by atoms with Crippen molar-refractivity contribution >= 4 is 5.91 Å². The van der Waals surface area contributed by atoms with Crippen LogP contribution in [0.25, 0.3) is 0 Å². The van der Waals surface area contributed by atoms with Crippen LogP contribution < -0.4 is 5.32 Å². The van der Waals surface area contributed by atoms with E-state index in [-0.39, 0.29) is 11.8 Å². The van der Waals surface area contributed by atoms with Gasteiger partial charge in [0.1, 0.15) is 0 Å². The maximum absolute atomic E-state index is 11.7. The molecule has 2 aliphatic carbocycles. The van der Waals surface area contributed by atoms with Crippen molar-refractivity contribution in [3.05, 3.63) is 0 Å². The van der Waals surface area contributed by atoms with E-state index in [1.54, 1.807) is 0 Å². The van der Waals surface area contributed by atoms with Gasteiger partial charge < -0.3 is 5.32 Å². The van der Waals surface area contributed by atoms with E-state index in [9.17, 15) is 4.79 Å². The monoisotopic (exact) mass is 209 g/mol. The molecule has 2 fully saturated rings. The van der Waals surface area contributed by atoms with Gasteiger partial charge in [-0.25, -0.2) is 0 Å². The van der Waals surface area contributed by atoms with Crippen molar-refractivity contribution in [3.63, 3.8) is 0 Å². The van der Waals surface area contributed by atoms with Crippen LogP contribution in [-0.2, 0) is 4.79 Å². The van der Waals surface area contributed by atoms with Crippen LogP contribution in [0.1, 0.15) is 46.0 Å². The van der Waals surface area contributed by atoms with Crippen molar-refractivity contribution < 1.29 is 4.79 Å². The molecule has 2 saturated carbocycles. The Kier molecular flexibility index (Phi) is 3.32. The molecule has 0 bridgehead atoms. The fraction of sp³-hybridized carbons (Fsp3) is 0.923. The zero-order valence-electron chi connectivity index (χ0n) is 9.96. The highest BCUT2D eigenvalue weighted by Crippen LogP contribution is 2.48. The molecule has 0 radical (unpaired) electrons. The van der Waals surface area contributed by atoms with Crippen LogP contribution in [0, 0.1) is 23.7 Å². The van der Waals surface area contributed by atoms with Crippen LogP contribution in [0.2, 0.25) is 0 Å². The van der Waals surface area contributed by atoms with Crippen molar-refractivity contribution in [2.24, 2.45) is 23.7 Å². The summed E-state index contributed by atoms with van der Waals surface area (Å²) in [5.74, 6) is 3.06. The highest BCUT2D eigenvalue weighted by Gasteiger charge is 2.40. The first-order valence-corrected chi connectivity index (χ1v) is 6.50. The largest absolute Gasteiger partial charge is 0.356 e. The third kappa shape index (κ3) is 2.19. The lowest BCUT2D eigenvalue weighted by Gasteiger charge is -2.19. The van der Waals surface area contributed by atoms with Crippen LogP contribution in [0.3, 0.4) is 0 Å². The molecule has 0 heterocycles. The summed E-state index contributed by atoms with van der Waals surface area (Å²) < 4.78 is 0. The first-order valence-electron chi connectivity index (χ1n) is 6.50. The lowest BCUT2D eigenvalue weighted by atomic mass is 9.89. The average Bonchev–Trinajstić information content (AvgIpc) is 2.75. The van der Waals surface area contributed by atoms with Crippen LogP contribution in [0.5, 0.6) is 0 Å². The summed E-state index contributed by atoms with van der Waals surface area (Å²) in [6.07, 6.45) is 6.89. The van der Waals surface area contributed by atoms with Gasteiger partial charge in [-0.1, -0.05) is 26.2 Å². The van der Waals surface area contributed by atoms with Crippen molar-refractivity contribution in [2.45, 2.75) is 46.0 Å². The first kappa shape index (κ1) is 11.0. The Bertz CT molecular complexity index is 227. The van der Waals surface area contributed by atoms with Gasteiger partial charge in [0.25, 0.3) is 0 Å². The minimum Gasteiger partial charge on any atom is -0.356 e. The summed E-state index contributed by atoms with van der Waals surface area (Å²) in [5, 5.41) is 2.95. The van der Waals surface area contributed by atoms with Gasteiger partial charge in [-0.05, 0) is 37.5 Å². The molecule has 0 aliphatic heterocycles. The molecule has 4 atom stereocenters. The van der Waals surface area contributed by atoms with E-state index in [4.69, 9.17) is 0 Å². The van der Waals surface area contributed by atoms with Crippen molar-refractivity contribution in [1.29, 1.82) is 0 Å². The third-order valence-corrected chi connectivity index (χ3v) is 4.50. The zero-order chi connectivity index (χ0) is 10.8. The maximum atomic E-state index is 11.7. The smallest absolute Gasteiger partial charge is 0.223 e. The van der Waals surface area contributed by atoms with Gasteiger partial charge in [-0.2, -0.15) is 0 Å². The van der Waals surface area contributed by atoms with Gasteiger partial charge in [0.2, 0.25) is 5.91 Å². The van der Waals surface area contributed by atoms with Gasteiger partial charge in [0.05, 0.1) is 0 Å². The summed E-state index contributed by atoms with van der Waals surface area (Å²) in [6, 6.07) is 0. The van der Waals surface area contributed by atoms with E-state index in [1.165, 1.54) is 32.1 Å². The van der Waals surface area contributed by atoms with Gasteiger partial charge >= 0.3 is 0 Å². The molecular weight excluding hydrogens is 186 g/mol. The molecule has 2 nitrogen and oxygen atoms in total. The summed E-state index contributed by atoms with van der Waals surface area (Å²) in [7, 11) is 0. The average molecular weight is 209 g/mol. The predicted octanol–water partition coefficient (Wildman–Crippen LogP) is 2.58. The number of fused-ring (bicyclic) bond motifs is 1. The van der Waals surface area contributed by atoms with E-state index < -0.39 is 0 Å². The van der Waals surface area contributed by atoms with Crippen LogP contribution in [0.4, 0.5) is 0 Å². The zero-order valence-corrected chi connectivity index (χ0v) is 9.96. The summed E-state index contributed by atoms with van der Waals surface area (Å²) in [4.78, 5) is 11.7. The Hall–Kier alpha value is -0.530. The summed E-state index contributed by atoms with van der Waals surface area (Å²) >= 11 is 0. The quantitative estimate of drug-likeness (QED) is 0.760. The van der Waals surface area contributed by atoms with Crippen molar-refractivity contribution in [1.82, 2.24) is 5.32 Å².